The van der Waals surface area contributed by atoms with Gasteiger partial charge >= 0.3 is 11.9 Å². The zero-order valence-electron chi connectivity index (χ0n) is 17.6. The van der Waals surface area contributed by atoms with Crippen molar-refractivity contribution in [3.8, 4) is 0 Å². The fourth-order valence-corrected chi connectivity index (χ4v) is 4.13. The second-order valence-corrected chi connectivity index (χ2v) is 8.14. The molecule has 0 saturated carbocycles. The van der Waals surface area contributed by atoms with Crippen LogP contribution in [0.5, 0.6) is 0 Å². The molecule has 1 N–H and O–H groups in total. The van der Waals surface area contributed by atoms with Crippen LogP contribution in [0.3, 0.4) is 0 Å². The third kappa shape index (κ3) is 4.72. The Morgan fingerprint density at radius 3 is 2.59 bits per heavy atom. The van der Waals surface area contributed by atoms with Crippen LogP contribution in [-0.4, -0.2) is 34.5 Å². The van der Waals surface area contributed by atoms with Crippen molar-refractivity contribution in [2.45, 2.75) is 44.6 Å². The molecule has 32 heavy (non-hydrogen) atoms. The smallest absolute Gasteiger partial charge is 0.408 e. The summed E-state index contributed by atoms with van der Waals surface area (Å²) in [4.78, 5) is 27.1. The van der Waals surface area contributed by atoms with E-state index < -0.39 is 23.5 Å². The lowest BCUT2D eigenvalue weighted by Gasteiger charge is -2.33. The van der Waals surface area contributed by atoms with Crippen LogP contribution in [-0.2, 0) is 17.5 Å². The number of carbonyl (C=O) groups excluding carboxylic acids is 1. The van der Waals surface area contributed by atoms with Crippen LogP contribution in [0, 0.1) is 0 Å². The average Bonchev–Trinajstić information content (AvgIpc) is 3.10. The first kappa shape index (κ1) is 22.1. The lowest BCUT2D eigenvalue weighted by atomic mass is 10.0. The number of hydrogen-bond acceptors (Lipinski definition) is 4. The fraction of sp³-hybridized carbons (Fsp3) is 0.391. The van der Waals surface area contributed by atoms with Crippen molar-refractivity contribution in [3.05, 3.63) is 70.2 Å². The number of para-hydroxylation sites is 2. The first-order valence-corrected chi connectivity index (χ1v) is 10.5. The molecule has 1 aromatic heterocycles. The highest BCUT2D eigenvalue weighted by Gasteiger charge is 2.31. The molecule has 1 aliphatic rings. The maximum Gasteiger partial charge on any atom is 0.420 e. The number of aromatic nitrogens is 1. The number of alkyl halides is 3. The van der Waals surface area contributed by atoms with Crippen LogP contribution in [0.15, 0.2) is 57.7 Å². The van der Waals surface area contributed by atoms with Gasteiger partial charge in [-0.2, -0.15) is 13.2 Å². The average molecular weight is 447 g/mol. The van der Waals surface area contributed by atoms with Crippen molar-refractivity contribution in [3.63, 3.8) is 0 Å². The van der Waals surface area contributed by atoms with Gasteiger partial charge in [-0.15, -0.1) is 0 Å². The topological polar surface area (TPSA) is 67.5 Å². The highest BCUT2D eigenvalue weighted by Crippen LogP contribution is 2.30. The number of fused-ring (bicyclic) bond motifs is 1. The van der Waals surface area contributed by atoms with Gasteiger partial charge in [-0.25, -0.2) is 4.79 Å². The second kappa shape index (κ2) is 8.82. The zero-order chi connectivity index (χ0) is 22.9. The quantitative estimate of drug-likeness (QED) is 0.643. The minimum atomic E-state index is -4.35. The summed E-state index contributed by atoms with van der Waals surface area (Å²) in [6.45, 7) is 3.40. The minimum Gasteiger partial charge on any atom is -0.408 e. The van der Waals surface area contributed by atoms with E-state index in [1.165, 1.54) is 16.7 Å². The lowest BCUT2D eigenvalue weighted by Crippen LogP contribution is -2.46. The fourth-order valence-electron chi connectivity index (χ4n) is 4.13. The Balaban J connectivity index is 1.33. The molecule has 1 saturated heterocycles. The highest BCUT2D eigenvalue weighted by atomic mass is 19.4. The normalized spacial score (nSPS) is 16.9. The van der Waals surface area contributed by atoms with Crippen molar-refractivity contribution in [2.24, 2.45) is 0 Å². The van der Waals surface area contributed by atoms with E-state index in [0.717, 1.165) is 6.07 Å². The van der Waals surface area contributed by atoms with Gasteiger partial charge in [0.15, 0.2) is 5.58 Å². The highest BCUT2D eigenvalue weighted by molar-refractivity contribution is 5.83. The first-order valence-electron chi connectivity index (χ1n) is 10.5. The van der Waals surface area contributed by atoms with Crippen molar-refractivity contribution >= 4 is 17.0 Å². The Morgan fingerprint density at radius 2 is 1.88 bits per heavy atom. The number of piperidine rings is 1. The SMILES string of the molecule is CC(C(=O)NC1CCN(Cc2cccc(C(F)(F)F)c2)CC1)n1c(=O)oc2ccccc21. The number of nitrogens with zero attached hydrogens (tertiary/aromatic N) is 2. The third-order valence-corrected chi connectivity index (χ3v) is 5.88. The third-order valence-electron chi connectivity index (χ3n) is 5.88. The van der Waals surface area contributed by atoms with Crippen LogP contribution in [0.2, 0.25) is 0 Å². The van der Waals surface area contributed by atoms with E-state index in [0.29, 0.717) is 49.1 Å². The van der Waals surface area contributed by atoms with E-state index in [2.05, 4.69) is 10.2 Å². The Labute approximate surface area is 182 Å². The first-order chi connectivity index (χ1) is 15.2. The molecule has 4 rings (SSSR count). The van der Waals surface area contributed by atoms with Crippen LogP contribution in [0.4, 0.5) is 13.2 Å². The number of nitrogens with one attached hydrogen (secondary N) is 1. The van der Waals surface area contributed by atoms with E-state index in [4.69, 9.17) is 4.42 Å². The minimum absolute atomic E-state index is 0.0587. The summed E-state index contributed by atoms with van der Waals surface area (Å²) in [5.74, 6) is -0.847. The molecule has 3 aromatic rings. The molecule has 2 aromatic carbocycles. The number of oxazole rings is 1. The molecule has 2 heterocycles. The largest absolute Gasteiger partial charge is 0.420 e. The number of hydrogen-bond donors (Lipinski definition) is 1. The second-order valence-electron chi connectivity index (χ2n) is 8.14. The Hall–Kier alpha value is -3.07. The van der Waals surface area contributed by atoms with Gasteiger partial charge in [0.05, 0.1) is 11.1 Å². The molecule has 0 aliphatic carbocycles. The van der Waals surface area contributed by atoms with Crippen molar-refractivity contribution < 1.29 is 22.4 Å². The molecule has 9 heteroatoms. The van der Waals surface area contributed by atoms with Crippen LogP contribution in [0.1, 0.15) is 36.9 Å². The van der Waals surface area contributed by atoms with Gasteiger partial charge in [0.25, 0.3) is 0 Å². The van der Waals surface area contributed by atoms with E-state index in [-0.39, 0.29) is 11.9 Å². The van der Waals surface area contributed by atoms with E-state index in [9.17, 15) is 22.8 Å². The van der Waals surface area contributed by atoms with Crippen molar-refractivity contribution in [1.82, 2.24) is 14.8 Å². The summed E-state index contributed by atoms with van der Waals surface area (Å²) < 4.78 is 45.3. The molecule has 1 aliphatic heterocycles. The molecular weight excluding hydrogens is 423 g/mol. The summed E-state index contributed by atoms with van der Waals surface area (Å²) in [6.07, 6.45) is -3.00. The maximum atomic E-state index is 12.9. The van der Waals surface area contributed by atoms with E-state index >= 15 is 0 Å². The van der Waals surface area contributed by atoms with Gasteiger partial charge in [-0.1, -0.05) is 30.3 Å². The summed E-state index contributed by atoms with van der Waals surface area (Å²) in [5.41, 5.74) is 0.964. The molecule has 0 spiro atoms. The van der Waals surface area contributed by atoms with E-state index in [1.54, 1.807) is 37.3 Å². The summed E-state index contributed by atoms with van der Waals surface area (Å²) >= 11 is 0. The van der Waals surface area contributed by atoms with Crippen molar-refractivity contribution in [1.29, 1.82) is 0 Å². The Bertz CT molecular complexity index is 1160. The van der Waals surface area contributed by atoms with Gasteiger partial charge in [0.2, 0.25) is 5.91 Å². The monoisotopic (exact) mass is 447 g/mol. The van der Waals surface area contributed by atoms with Gasteiger partial charge in [0, 0.05) is 25.7 Å². The summed E-state index contributed by atoms with van der Waals surface area (Å²) in [5, 5.41) is 3.00. The Kier molecular flexibility index (Phi) is 6.10. The number of benzene rings is 2. The molecule has 1 amide bonds. The predicted octanol–water partition coefficient (Wildman–Crippen LogP) is 3.96. The van der Waals surface area contributed by atoms with Gasteiger partial charge in [-0.05, 0) is 43.5 Å². The number of rotatable bonds is 5. The number of halogens is 3. The van der Waals surface area contributed by atoms with Gasteiger partial charge in [-0.3, -0.25) is 14.3 Å². The van der Waals surface area contributed by atoms with Gasteiger partial charge < -0.3 is 9.73 Å². The molecule has 1 unspecified atom stereocenters. The van der Waals surface area contributed by atoms with Crippen LogP contribution in [0.25, 0.3) is 11.1 Å². The summed E-state index contributed by atoms with van der Waals surface area (Å²) in [7, 11) is 0. The lowest BCUT2D eigenvalue weighted by molar-refractivity contribution is -0.137. The zero-order valence-corrected chi connectivity index (χ0v) is 17.6. The number of amides is 1. The van der Waals surface area contributed by atoms with Crippen LogP contribution >= 0.6 is 0 Å². The molecule has 0 radical (unpaired) electrons. The molecular formula is C23H24F3N3O3. The standard InChI is InChI=1S/C23H24F3N3O3/c1-15(29-19-7-2-3-8-20(19)32-22(29)31)21(30)27-18-9-11-28(12-10-18)14-16-5-4-6-17(13-16)23(24,25)26/h2-8,13,15,18H,9-12,14H2,1H3,(H,27,30). The molecule has 170 valence electrons. The molecule has 1 fully saturated rings. The molecule has 1 atom stereocenters. The molecule has 6 nitrogen and oxygen atoms in total. The summed E-state index contributed by atoms with van der Waals surface area (Å²) in [6, 6.07) is 11.5. The van der Waals surface area contributed by atoms with Crippen LogP contribution < -0.4 is 11.1 Å². The Morgan fingerprint density at radius 1 is 1.16 bits per heavy atom. The number of likely N-dealkylation sites (tertiary alicyclic amines) is 1. The molecule has 0 bridgehead atoms. The van der Waals surface area contributed by atoms with Gasteiger partial charge in [0.1, 0.15) is 6.04 Å². The maximum absolute atomic E-state index is 12.9. The number of carbonyl (C=O) groups is 1. The van der Waals surface area contributed by atoms with Crippen molar-refractivity contribution in [2.75, 3.05) is 13.1 Å². The predicted molar refractivity (Wildman–Crippen MR) is 113 cm³/mol. The van der Waals surface area contributed by atoms with E-state index in [1.807, 2.05) is 0 Å².